The molecule has 0 amide bonds. The molecule has 0 aliphatic rings. The summed E-state index contributed by atoms with van der Waals surface area (Å²) in [6.45, 7) is 3.27. The molecule has 4 aromatic heterocycles. The van der Waals surface area contributed by atoms with Crippen molar-refractivity contribution in [2.24, 2.45) is 28.2 Å². The van der Waals surface area contributed by atoms with Crippen LogP contribution in [0, 0.1) is 52.0 Å². The van der Waals surface area contributed by atoms with Crippen LogP contribution in [0.25, 0.3) is 22.7 Å². The van der Waals surface area contributed by atoms with Crippen molar-refractivity contribution in [2.75, 3.05) is 0 Å². The first-order valence-corrected chi connectivity index (χ1v) is 30.4. The minimum absolute atomic E-state index is 0. The number of tetrazole rings is 4. The molecule has 12 rings (SSSR count). The molecular weight excluding hydrogens is 1750 g/mol. The van der Waals surface area contributed by atoms with Crippen LogP contribution < -0.4 is 51.2 Å². The van der Waals surface area contributed by atoms with Gasteiger partial charge in [0.15, 0.2) is 0 Å². The van der Waals surface area contributed by atoms with Gasteiger partial charge in [0.05, 0.1) is 39.4 Å². The number of benzene rings is 8. The topological polar surface area (TPSA) is 266 Å². The normalized spacial score (nSPS) is 10.9. The summed E-state index contributed by atoms with van der Waals surface area (Å²) in [7, 11) is 5.61. The van der Waals surface area contributed by atoms with Crippen molar-refractivity contribution in [1.29, 1.82) is 0 Å². The number of halogens is 10. The number of alkyl halides is 10. The Hall–Kier alpha value is -8.24. The maximum atomic E-state index is 13.5. The Bertz CT molecular complexity index is 5220. The van der Waals surface area contributed by atoms with Crippen LogP contribution in [0.15, 0.2) is 165 Å². The number of aromatic nitrogens is 16. The van der Waals surface area contributed by atoms with E-state index in [0.29, 0.717) is 23.0 Å². The fourth-order valence-electron chi connectivity index (χ4n) is 9.67. The van der Waals surface area contributed by atoms with E-state index in [1.165, 1.54) is 82.8 Å². The summed E-state index contributed by atoms with van der Waals surface area (Å²) >= 11 is 0. The van der Waals surface area contributed by atoms with Crippen molar-refractivity contribution in [3.63, 3.8) is 0 Å². The molecule has 0 aliphatic carbocycles. The quantitative estimate of drug-likeness (QED) is 0.0507. The average Bonchev–Trinajstić information content (AvgIpc) is 1.66. The first-order valence-electron chi connectivity index (χ1n) is 30.4. The first kappa shape index (κ1) is 90.4. The standard InChI is InChI=1S/C17H14F3N4O3.C17H14F3N4O2.C17H15F2N4O3.C17H15F2N4O2.4Y/c1-11-6-3-4-8-14(11)26-10-12-13(24-16(25)23(2)21-22-24)7-5-9-15(12)27-17(18,19)20;1-11-6-3-4-9-15(11)26-10-12-13(17(18,19)20)7-5-8-14(12)24-16(25)23(2)21-22-24;1-11-6-3-4-8-14(11)25-10-12-13(23-17(24)22(2)20-21-23)7-5-9-15(12)26-16(18)19;1-11-6-3-4-9-15(11)25-10-13-12(16(18)19)7-5-8-14(13)23-17(24)22(2)20-21-23;;;;/h4-9H,10H2,1-2H3;4-9H,10H2,1-2H3;4-9,16H,10H2,1-2H3;4-9,16H,10H2,1-2H3;;;;/q4*-1;;;;. The van der Waals surface area contributed by atoms with Gasteiger partial charge in [0.1, 0.15) is 37.9 Å². The molecule has 0 saturated carbocycles. The minimum Gasteiger partial charge on any atom is -0.514 e. The Kier molecular flexibility index (Phi) is 34.3. The van der Waals surface area contributed by atoms with Gasteiger partial charge < -0.3 is 28.4 Å². The monoisotopic (exact) mass is 1800 g/mol. The second-order valence-electron chi connectivity index (χ2n) is 22.0. The molecule has 0 atom stereocenters. The van der Waals surface area contributed by atoms with Gasteiger partial charge in [-0.1, -0.05) is 58.0 Å². The van der Waals surface area contributed by atoms with Crippen molar-refractivity contribution >= 4 is 0 Å². The molecule has 4 radical (unpaired) electrons. The van der Waals surface area contributed by atoms with Crippen LogP contribution in [0.2, 0.25) is 0 Å². The van der Waals surface area contributed by atoms with Gasteiger partial charge in [-0.2, -0.15) is 132 Å². The van der Waals surface area contributed by atoms with E-state index in [1.807, 2.05) is 13.8 Å². The van der Waals surface area contributed by atoms with Crippen LogP contribution in [0.5, 0.6) is 34.5 Å². The molecule has 0 fully saturated rings. The Labute approximate surface area is 707 Å². The number of aryl methyl sites for hydroxylation is 8. The number of hydrogen-bond donors (Lipinski definition) is 0. The van der Waals surface area contributed by atoms with Gasteiger partial charge in [-0.15, -0.1) is 59.7 Å². The molecular formula is C68H58F10N16O10Y4-4. The van der Waals surface area contributed by atoms with E-state index in [9.17, 15) is 63.1 Å². The zero-order valence-electron chi connectivity index (χ0n) is 58.2. The van der Waals surface area contributed by atoms with E-state index in [-0.39, 0.29) is 214 Å². The molecule has 0 spiro atoms. The third kappa shape index (κ3) is 23.2. The minimum atomic E-state index is -4.90. The van der Waals surface area contributed by atoms with E-state index in [4.69, 9.17) is 18.9 Å². The van der Waals surface area contributed by atoms with Gasteiger partial charge in [0.2, 0.25) is 0 Å². The van der Waals surface area contributed by atoms with E-state index in [2.05, 4.69) is 75.4 Å². The number of hydrogen-bond acceptors (Lipinski definition) is 18. The fourth-order valence-corrected chi connectivity index (χ4v) is 9.67. The summed E-state index contributed by atoms with van der Waals surface area (Å²) in [6, 6.07) is 47.7. The number of ether oxygens (including phenoxy) is 6. The molecule has 0 N–H and O–H groups in total. The van der Waals surface area contributed by atoms with E-state index < -0.39 is 59.6 Å². The molecule has 556 valence electrons. The van der Waals surface area contributed by atoms with Crippen molar-refractivity contribution in [3.05, 3.63) is 267 Å². The molecule has 0 saturated heterocycles. The van der Waals surface area contributed by atoms with Crippen LogP contribution in [0.3, 0.4) is 0 Å². The molecule has 4 heterocycles. The summed E-state index contributed by atoms with van der Waals surface area (Å²) < 4.78 is 170. The predicted octanol–water partition coefficient (Wildman–Crippen LogP) is 10.1. The largest absolute Gasteiger partial charge is 0.573 e. The molecule has 108 heavy (non-hydrogen) atoms. The van der Waals surface area contributed by atoms with Crippen LogP contribution in [-0.2, 0) is 192 Å². The van der Waals surface area contributed by atoms with E-state index in [0.717, 1.165) is 71.8 Å². The number of nitrogens with zero attached hydrogens (tertiary/aromatic N) is 16. The number of rotatable bonds is 20. The molecule has 0 aliphatic heterocycles. The van der Waals surface area contributed by atoms with Crippen molar-refractivity contribution < 1.29 is 203 Å². The summed E-state index contributed by atoms with van der Waals surface area (Å²) in [5, 5.41) is 29.2. The SMILES string of the molecule is Cc1c[c-]ccc1OCc1c(-n2nnn(C)c2=O)cccc1C(F)(F)F.Cc1c[c-]ccc1OCc1c(C(F)F)cccc1-n1nnn(C)c1=O.Cc1c[c-]ccc1OCc1c(OC(F)(F)F)cccc1-n1nnn(C)c1=O.Cc1c[c-]ccc1OCc1c(OC(F)F)cccc1-n1nnn(C)c1=O.[Y].[Y].[Y].[Y]. The van der Waals surface area contributed by atoms with Crippen molar-refractivity contribution in [1.82, 2.24) is 79.2 Å². The second kappa shape index (κ2) is 41.0. The Morgan fingerprint density at radius 1 is 0.380 bits per heavy atom. The summed E-state index contributed by atoms with van der Waals surface area (Å²) in [5.41, 5.74) is 0.474. The smallest absolute Gasteiger partial charge is 0.514 e. The van der Waals surface area contributed by atoms with E-state index in [1.54, 1.807) is 92.7 Å². The molecule has 0 bridgehead atoms. The van der Waals surface area contributed by atoms with Gasteiger partial charge in [-0.05, 0) is 84.2 Å². The molecule has 12 aromatic rings. The van der Waals surface area contributed by atoms with Crippen LogP contribution in [0.4, 0.5) is 43.9 Å². The molecule has 8 aromatic carbocycles. The fraction of sp³-hybridized carbons (Fsp3) is 0.235. The second-order valence-corrected chi connectivity index (χ2v) is 22.0. The summed E-state index contributed by atoms with van der Waals surface area (Å²) in [6.07, 6.45) is -12.2. The summed E-state index contributed by atoms with van der Waals surface area (Å²) in [5.74, 6) is 1.42. The van der Waals surface area contributed by atoms with Gasteiger partial charge >= 0.3 is 41.9 Å². The maximum Gasteiger partial charge on any atom is 0.573 e. The zero-order valence-corrected chi connectivity index (χ0v) is 69.5. The van der Waals surface area contributed by atoms with Gasteiger partial charge in [-0.3, -0.25) is 0 Å². The predicted molar refractivity (Wildman–Crippen MR) is 347 cm³/mol. The third-order valence-corrected chi connectivity index (χ3v) is 14.9. The van der Waals surface area contributed by atoms with Crippen LogP contribution in [0.1, 0.15) is 62.1 Å². The molecule has 0 unspecified atom stereocenters. The van der Waals surface area contributed by atoms with Crippen molar-refractivity contribution in [3.8, 4) is 57.2 Å². The van der Waals surface area contributed by atoms with Gasteiger partial charge in [-0.25, -0.2) is 28.0 Å². The Morgan fingerprint density at radius 3 is 0.981 bits per heavy atom. The van der Waals surface area contributed by atoms with Gasteiger partial charge in [0.25, 0.3) is 6.43 Å². The Balaban J connectivity index is 0.000000255. The average molecular weight is 1800 g/mol. The molecule has 40 heteroatoms. The Morgan fingerprint density at radius 2 is 0.676 bits per heavy atom. The maximum absolute atomic E-state index is 13.5. The molecule has 26 nitrogen and oxygen atoms in total. The summed E-state index contributed by atoms with van der Waals surface area (Å²) in [4.78, 5) is 48.5. The van der Waals surface area contributed by atoms with Crippen LogP contribution >= 0.6 is 0 Å². The van der Waals surface area contributed by atoms with Crippen LogP contribution in [-0.4, -0.2) is 92.1 Å². The van der Waals surface area contributed by atoms with Gasteiger partial charge in [0, 0.05) is 199 Å². The van der Waals surface area contributed by atoms with E-state index >= 15 is 0 Å². The first-order chi connectivity index (χ1) is 49.5. The zero-order chi connectivity index (χ0) is 75.2. The van der Waals surface area contributed by atoms with Crippen molar-refractivity contribution in [2.45, 2.75) is 79.7 Å². The third-order valence-electron chi connectivity index (χ3n) is 14.9.